The summed E-state index contributed by atoms with van der Waals surface area (Å²) in [6, 6.07) is 23.3. The van der Waals surface area contributed by atoms with Crippen molar-refractivity contribution in [3.8, 4) is 22.8 Å². The number of aromatic nitrogens is 3. The van der Waals surface area contributed by atoms with Gasteiger partial charge in [-0.25, -0.2) is 0 Å². The number of halogens is 2. The highest BCUT2D eigenvalue weighted by Crippen LogP contribution is 2.29. The fourth-order valence-corrected chi connectivity index (χ4v) is 5.26. The van der Waals surface area contributed by atoms with Crippen molar-refractivity contribution in [1.29, 1.82) is 0 Å². The van der Waals surface area contributed by atoms with Gasteiger partial charge in [0.1, 0.15) is 5.75 Å². The molecule has 0 bridgehead atoms. The van der Waals surface area contributed by atoms with Crippen molar-refractivity contribution in [3.63, 3.8) is 0 Å². The molecule has 6 nitrogen and oxygen atoms in total. The lowest BCUT2D eigenvalue weighted by molar-refractivity contribution is -0.121. The quantitative estimate of drug-likeness (QED) is 0.153. The second-order valence-corrected chi connectivity index (χ2v) is 10.3. The zero-order valence-corrected chi connectivity index (χ0v) is 22.8. The zero-order chi connectivity index (χ0) is 26.0. The maximum atomic E-state index is 12.2. The van der Waals surface area contributed by atoms with Crippen LogP contribution in [0.1, 0.15) is 24.8 Å². The topological polar surface area (TPSA) is 69.0 Å². The predicted octanol–water partition coefficient (Wildman–Crippen LogP) is 6.87. The Morgan fingerprint density at radius 2 is 1.78 bits per heavy atom. The van der Waals surface area contributed by atoms with Crippen molar-refractivity contribution in [2.75, 3.05) is 19.4 Å². The van der Waals surface area contributed by atoms with E-state index in [4.69, 9.17) is 27.9 Å². The van der Waals surface area contributed by atoms with Crippen LogP contribution in [0.4, 0.5) is 0 Å². The summed E-state index contributed by atoms with van der Waals surface area (Å²) in [5.41, 5.74) is 2.93. The van der Waals surface area contributed by atoms with E-state index in [0.29, 0.717) is 29.4 Å². The molecule has 1 aromatic heterocycles. The molecule has 37 heavy (non-hydrogen) atoms. The number of rotatable bonds is 12. The van der Waals surface area contributed by atoms with Crippen molar-refractivity contribution >= 4 is 40.9 Å². The molecule has 9 heteroatoms. The summed E-state index contributed by atoms with van der Waals surface area (Å²) < 4.78 is 7.37. The molecule has 0 radical (unpaired) electrons. The SMILES string of the molecule is COc1ccc(-n2c(SCCCCC(=O)NCCc3ccc(Cl)cc3Cl)nnc2-c2ccccc2)cc1. The monoisotopic (exact) mass is 554 g/mol. The van der Waals surface area contributed by atoms with E-state index < -0.39 is 0 Å². The Bertz CT molecular complexity index is 1310. The first-order valence-corrected chi connectivity index (χ1v) is 13.8. The van der Waals surface area contributed by atoms with Gasteiger partial charge in [-0.2, -0.15) is 0 Å². The van der Waals surface area contributed by atoms with Crippen LogP contribution in [-0.4, -0.2) is 40.1 Å². The van der Waals surface area contributed by atoms with Gasteiger partial charge in [0, 0.05) is 40.0 Å². The predicted molar refractivity (Wildman–Crippen MR) is 151 cm³/mol. The highest BCUT2D eigenvalue weighted by Gasteiger charge is 2.16. The van der Waals surface area contributed by atoms with E-state index in [9.17, 15) is 4.79 Å². The molecule has 1 amide bonds. The van der Waals surface area contributed by atoms with Gasteiger partial charge in [0.25, 0.3) is 0 Å². The summed E-state index contributed by atoms with van der Waals surface area (Å²) in [7, 11) is 1.65. The van der Waals surface area contributed by atoms with E-state index in [2.05, 4.69) is 20.1 Å². The molecule has 0 spiro atoms. The van der Waals surface area contributed by atoms with Gasteiger partial charge < -0.3 is 10.1 Å². The zero-order valence-electron chi connectivity index (χ0n) is 20.5. The van der Waals surface area contributed by atoms with Gasteiger partial charge in [-0.3, -0.25) is 9.36 Å². The Morgan fingerprint density at radius 3 is 2.51 bits per heavy atom. The van der Waals surface area contributed by atoms with Crippen LogP contribution < -0.4 is 10.1 Å². The third-order valence-corrected chi connectivity index (χ3v) is 7.36. The van der Waals surface area contributed by atoms with Crippen LogP contribution >= 0.6 is 35.0 Å². The van der Waals surface area contributed by atoms with Crippen LogP contribution in [0.15, 0.2) is 78.0 Å². The van der Waals surface area contributed by atoms with E-state index in [1.807, 2.05) is 60.7 Å². The average molecular weight is 556 g/mol. The lowest BCUT2D eigenvalue weighted by Gasteiger charge is -2.11. The Kier molecular flexibility index (Phi) is 9.88. The molecule has 0 saturated carbocycles. The van der Waals surface area contributed by atoms with E-state index in [-0.39, 0.29) is 5.91 Å². The largest absolute Gasteiger partial charge is 0.497 e. The number of carbonyl (C=O) groups excluding carboxylic acids is 1. The highest BCUT2D eigenvalue weighted by molar-refractivity contribution is 7.99. The van der Waals surface area contributed by atoms with Gasteiger partial charge in [0.2, 0.25) is 5.91 Å². The Morgan fingerprint density at radius 1 is 1.00 bits per heavy atom. The Balaban J connectivity index is 1.29. The van der Waals surface area contributed by atoms with E-state index in [1.165, 1.54) is 0 Å². The number of thioether (sulfide) groups is 1. The first kappa shape index (κ1) is 27.0. The lowest BCUT2D eigenvalue weighted by Crippen LogP contribution is -2.25. The number of ether oxygens (including phenoxy) is 1. The third-order valence-electron chi connectivity index (χ3n) is 5.76. The van der Waals surface area contributed by atoms with Crippen molar-refractivity contribution in [2.45, 2.75) is 30.8 Å². The molecule has 0 aliphatic heterocycles. The molecular weight excluding hydrogens is 527 g/mol. The fourth-order valence-electron chi connectivity index (χ4n) is 3.80. The summed E-state index contributed by atoms with van der Waals surface area (Å²) in [4.78, 5) is 12.2. The second-order valence-electron chi connectivity index (χ2n) is 8.35. The van der Waals surface area contributed by atoms with E-state index in [0.717, 1.165) is 52.1 Å². The van der Waals surface area contributed by atoms with Crippen LogP contribution in [-0.2, 0) is 11.2 Å². The minimum absolute atomic E-state index is 0.0443. The van der Waals surface area contributed by atoms with Gasteiger partial charge in [-0.05, 0) is 61.2 Å². The number of methoxy groups -OCH3 is 1. The third kappa shape index (κ3) is 7.51. The molecule has 4 rings (SSSR count). The van der Waals surface area contributed by atoms with Crippen LogP contribution in [0.5, 0.6) is 5.75 Å². The van der Waals surface area contributed by atoms with E-state index in [1.54, 1.807) is 31.0 Å². The van der Waals surface area contributed by atoms with Gasteiger partial charge in [-0.15, -0.1) is 10.2 Å². The van der Waals surface area contributed by atoms with Crippen molar-refractivity contribution < 1.29 is 9.53 Å². The molecule has 192 valence electrons. The molecule has 1 N–H and O–H groups in total. The minimum atomic E-state index is 0.0443. The fraction of sp³-hybridized carbons (Fsp3) is 0.250. The number of benzene rings is 3. The average Bonchev–Trinajstić information content (AvgIpc) is 3.34. The van der Waals surface area contributed by atoms with E-state index >= 15 is 0 Å². The standard InChI is InChI=1S/C28H28Cl2N4O2S/c1-36-24-14-12-23(13-15-24)34-27(21-7-3-2-4-8-21)32-33-28(34)37-18-6-5-9-26(35)31-17-16-20-10-11-22(29)19-25(20)30/h2-4,7-8,10-15,19H,5-6,9,16-18H2,1H3,(H,31,35). The first-order chi connectivity index (χ1) is 18.0. The Labute approximate surface area is 231 Å². The van der Waals surface area contributed by atoms with Crippen LogP contribution in [0.3, 0.4) is 0 Å². The van der Waals surface area contributed by atoms with Crippen molar-refractivity contribution in [2.24, 2.45) is 0 Å². The maximum absolute atomic E-state index is 12.2. The summed E-state index contributed by atoms with van der Waals surface area (Å²) in [5, 5.41) is 14.0. The number of nitrogens with zero attached hydrogens (tertiary/aromatic N) is 3. The molecule has 4 aromatic rings. The summed E-state index contributed by atoms with van der Waals surface area (Å²) in [5.74, 6) is 2.45. The molecule has 0 aliphatic rings. The van der Waals surface area contributed by atoms with Crippen LogP contribution in [0, 0.1) is 0 Å². The second kappa shape index (κ2) is 13.5. The summed E-state index contributed by atoms with van der Waals surface area (Å²) in [6.07, 6.45) is 2.83. The summed E-state index contributed by atoms with van der Waals surface area (Å²) in [6.45, 7) is 0.544. The number of carbonyl (C=O) groups is 1. The van der Waals surface area contributed by atoms with Crippen molar-refractivity contribution in [1.82, 2.24) is 20.1 Å². The number of unbranched alkanes of at least 4 members (excludes halogenated alkanes) is 1. The minimum Gasteiger partial charge on any atom is -0.497 e. The smallest absolute Gasteiger partial charge is 0.220 e. The number of nitrogens with one attached hydrogen (secondary N) is 1. The maximum Gasteiger partial charge on any atom is 0.220 e. The molecular formula is C28H28Cl2N4O2S. The molecule has 3 aromatic carbocycles. The molecule has 0 unspecified atom stereocenters. The van der Waals surface area contributed by atoms with Crippen LogP contribution in [0.2, 0.25) is 10.0 Å². The normalized spacial score (nSPS) is 10.9. The van der Waals surface area contributed by atoms with Gasteiger partial charge in [0.15, 0.2) is 11.0 Å². The number of amides is 1. The first-order valence-electron chi connectivity index (χ1n) is 12.0. The summed E-state index contributed by atoms with van der Waals surface area (Å²) >= 11 is 13.8. The number of hydrogen-bond donors (Lipinski definition) is 1. The van der Waals surface area contributed by atoms with Gasteiger partial charge >= 0.3 is 0 Å². The molecule has 1 heterocycles. The van der Waals surface area contributed by atoms with Gasteiger partial charge in [-0.1, -0.05) is 71.4 Å². The molecule has 0 saturated heterocycles. The van der Waals surface area contributed by atoms with Crippen LogP contribution in [0.25, 0.3) is 17.1 Å². The van der Waals surface area contributed by atoms with Gasteiger partial charge in [0.05, 0.1) is 7.11 Å². The van der Waals surface area contributed by atoms with Crippen molar-refractivity contribution in [3.05, 3.63) is 88.4 Å². The molecule has 0 atom stereocenters. The molecule has 0 aliphatic carbocycles. The lowest BCUT2D eigenvalue weighted by atomic mass is 10.1. The Hall–Kier alpha value is -3.00. The highest BCUT2D eigenvalue weighted by atomic mass is 35.5. The number of hydrogen-bond acceptors (Lipinski definition) is 5. The molecule has 0 fully saturated rings.